The van der Waals surface area contributed by atoms with E-state index in [-0.39, 0.29) is 0 Å². The van der Waals surface area contributed by atoms with E-state index in [1.54, 1.807) is 0 Å². The summed E-state index contributed by atoms with van der Waals surface area (Å²) in [6.07, 6.45) is 6.38. The van der Waals surface area contributed by atoms with Gasteiger partial charge in [0.05, 0.1) is 12.1 Å². The molecule has 3 rings (SSSR count). The van der Waals surface area contributed by atoms with Gasteiger partial charge in [-0.2, -0.15) is 0 Å². The van der Waals surface area contributed by atoms with Crippen molar-refractivity contribution < 1.29 is 48.5 Å². The molecule has 0 atom stereocenters. The molecule has 186 valence electrons. The molecule has 0 bridgehead atoms. The van der Waals surface area contributed by atoms with Gasteiger partial charge in [-0.3, -0.25) is 0 Å². The number of hydrogen-bond acceptors (Lipinski definition) is 0. The first-order valence-corrected chi connectivity index (χ1v) is 9.53. The van der Waals surface area contributed by atoms with Crippen LogP contribution in [0, 0.1) is 58.2 Å². The number of aromatic nitrogens is 2. The zero-order chi connectivity index (χ0) is 26.1. The van der Waals surface area contributed by atoms with Crippen LogP contribution in [0.15, 0.2) is 18.7 Å². The highest BCUT2D eigenvalue weighted by atomic mass is 19.2. The van der Waals surface area contributed by atoms with E-state index in [2.05, 4.69) is 60.9 Å². The van der Waals surface area contributed by atoms with Crippen molar-refractivity contribution in [2.24, 2.45) is 0 Å². The smallest absolute Gasteiger partial charge is 0.244 e. The van der Waals surface area contributed by atoms with Gasteiger partial charge < -0.3 is 5.32 Å². The predicted molar refractivity (Wildman–Crippen MR) is 101 cm³/mol. The van der Waals surface area contributed by atoms with Crippen molar-refractivity contribution in [3.63, 3.8) is 0 Å². The van der Waals surface area contributed by atoms with Gasteiger partial charge in [-0.05, 0) is 27.7 Å². The van der Waals surface area contributed by atoms with Crippen LogP contribution in [0.1, 0.15) is 39.8 Å². The van der Waals surface area contributed by atoms with Gasteiger partial charge in [0.25, 0.3) is 0 Å². The maximum absolute atomic E-state index is 13.3. The second-order valence-corrected chi connectivity index (χ2v) is 7.44. The predicted octanol–water partition coefficient (Wildman–Crippen LogP) is 7.35. The maximum atomic E-state index is 13.3. The van der Waals surface area contributed by atoms with Gasteiger partial charge in [0, 0.05) is 0 Å². The van der Waals surface area contributed by atoms with Crippen LogP contribution >= 0.6 is 0 Å². The quantitative estimate of drug-likeness (QED) is 0.154. The lowest BCUT2D eigenvalue weighted by Gasteiger charge is -2.25. The molecule has 0 saturated carbocycles. The van der Waals surface area contributed by atoms with Gasteiger partial charge in [-0.25, -0.2) is 53.0 Å². The fourth-order valence-corrected chi connectivity index (χ4v) is 2.49. The molecular weight excluding hydrogens is 484 g/mol. The number of rotatable bonds is 4. The minimum Gasteiger partial charge on any atom is -0.648 e. The van der Waals surface area contributed by atoms with E-state index >= 15 is 0 Å². The number of benzene rings is 2. The first-order valence-electron chi connectivity index (χ1n) is 9.53. The third kappa shape index (κ3) is 5.12. The molecule has 0 aliphatic carbocycles. The molecule has 0 unspecified atom stereocenters. The van der Waals surface area contributed by atoms with Gasteiger partial charge in [-0.15, -0.1) is 0 Å². The second-order valence-electron chi connectivity index (χ2n) is 7.44. The molecular formula is C21H17F10N3. The number of imidazole rings is 1. The van der Waals surface area contributed by atoms with Gasteiger partial charge in [0.1, 0.15) is 35.7 Å². The summed E-state index contributed by atoms with van der Waals surface area (Å²) < 4.78 is 135. The van der Waals surface area contributed by atoms with Crippen LogP contribution in [0.3, 0.4) is 0 Å². The van der Waals surface area contributed by atoms with E-state index in [0.29, 0.717) is 12.1 Å². The number of nitrogens with zero attached hydrogens (tertiary/aromatic N) is 3. The minimum atomic E-state index is -2.59. The Hall–Kier alpha value is -3.25. The van der Waals surface area contributed by atoms with Gasteiger partial charge >= 0.3 is 0 Å². The lowest BCUT2D eigenvalue weighted by Crippen LogP contribution is -2.33. The van der Waals surface area contributed by atoms with Crippen LogP contribution in [-0.2, 0) is 0 Å². The van der Waals surface area contributed by atoms with Crippen molar-refractivity contribution in [3.05, 3.63) is 82.2 Å². The Bertz CT molecular complexity index is 1060. The minimum absolute atomic E-state index is 0.565. The second kappa shape index (κ2) is 10.3. The highest BCUT2D eigenvalue weighted by Crippen LogP contribution is 2.42. The zero-order valence-corrected chi connectivity index (χ0v) is 18.0. The summed E-state index contributed by atoms with van der Waals surface area (Å²) in [5, 5.41) is 2.37. The van der Waals surface area contributed by atoms with Crippen LogP contribution < -0.4 is 4.57 Å². The molecule has 3 aromatic rings. The summed E-state index contributed by atoms with van der Waals surface area (Å²) in [6, 6.07) is 1.13. The van der Waals surface area contributed by atoms with Crippen LogP contribution in [0.4, 0.5) is 55.3 Å². The molecule has 34 heavy (non-hydrogen) atoms. The fourth-order valence-electron chi connectivity index (χ4n) is 2.49. The molecule has 3 nitrogen and oxygen atoms in total. The van der Waals surface area contributed by atoms with E-state index in [0.717, 1.165) is 0 Å². The molecule has 1 aromatic heterocycles. The van der Waals surface area contributed by atoms with E-state index in [1.807, 2.05) is 0 Å². The Morgan fingerprint density at radius 3 is 1.15 bits per heavy atom. The summed E-state index contributed by atoms with van der Waals surface area (Å²) in [5.74, 6) is -25.6. The van der Waals surface area contributed by atoms with E-state index in [1.165, 1.54) is 0 Å². The summed E-state index contributed by atoms with van der Waals surface area (Å²) in [5.41, 5.74) is -4.21. The highest BCUT2D eigenvalue weighted by Gasteiger charge is 2.25. The van der Waals surface area contributed by atoms with Gasteiger partial charge in [-0.1, -0.05) is 11.4 Å². The van der Waals surface area contributed by atoms with E-state index in [9.17, 15) is 43.9 Å². The Kier molecular flexibility index (Phi) is 8.22. The average Bonchev–Trinajstić information content (AvgIpc) is 3.30. The first kappa shape index (κ1) is 27.0. The molecule has 0 aliphatic rings. The number of hydrogen-bond donors (Lipinski definition) is 0. The average molecular weight is 501 g/mol. The third-order valence-corrected chi connectivity index (χ3v) is 4.47. The molecule has 13 heteroatoms. The van der Waals surface area contributed by atoms with Crippen molar-refractivity contribution in [3.8, 4) is 0 Å². The molecule has 0 saturated heterocycles. The first-order chi connectivity index (χ1) is 15.7. The third-order valence-electron chi connectivity index (χ3n) is 4.47. The van der Waals surface area contributed by atoms with Crippen molar-refractivity contribution in [1.29, 1.82) is 0 Å². The normalized spacial score (nSPS) is 11.2. The molecule has 0 aliphatic heterocycles. The van der Waals surface area contributed by atoms with Crippen LogP contribution in [0.2, 0.25) is 0 Å². The summed E-state index contributed by atoms with van der Waals surface area (Å²) in [6.45, 7) is 8.74. The molecule has 0 radical (unpaired) electrons. The van der Waals surface area contributed by atoms with Gasteiger partial charge in [0.15, 0.2) is 34.9 Å². The lowest BCUT2D eigenvalue weighted by atomic mass is 10.2. The molecule has 0 amide bonds. The number of halogens is 10. The molecule has 0 spiro atoms. The zero-order valence-electron chi connectivity index (χ0n) is 18.0. The van der Waals surface area contributed by atoms with Crippen molar-refractivity contribution in [1.82, 2.24) is 4.57 Å². The topological polar surface area (TPSA) is 22.9 Å². The summed E-state index contributed by atoms with van der Waals surface area (Å²) >= 11 is 0. The Morgan fingerprint density at radius 2 is 0.912 bits per heavy atom. The summed E-state index contributed by atoms with van der Waals surface area (Å²) in [7, 11) is 0. The molecule has 2 aromatic carbocycles. The lowest BCUT2D eigenvalue weighted by molar-refractivity contribution is -0.715. The monoisotopic (exact) mass is 501 g/mol. The molecule has 0 fully saturated rings. The standard InChI is InChI=1S/C12F10N.C9H17N2/c13-1-3(15)7(19)11(8(20)4(1)16)23-12-9(21)5(17)2(14)6(18)10(12)22;1-8(2)10-5-6-11(7-10)9(3)4/h;5-9H,1-4H3/q-1;+1. The Morgan fingerprint density at radius 1 is 0.588 bits per heavy atom. The SMILES string of the molecule is CC(C)n1cc[n+](C(C)C)c1.Fc1c(F)c(F)c([N-]c2c(F)c(F)c(F)c(F)c2F)c(F)c1F. The maximum Gasteiger partial charge on any atom is 0.244 e. The van der Waals surface area contributed by atoms with Crippen molar-refractivity contribution in [2.75, 3.05) is 0 Å². The Balaban J connectivity index is 0.000000310. The summed E-state index contributed by atoms with van der Waals surface area (Å²) in [4.78, 5) is 0. The highest BCUT2D eigenvalue weighted by molar-refractivity contribution is 5.69. The molecule has 0 N–H and O–H groups in total. The van der Waals surface area contributed by atoms with Crippen LogP contribution in [0.25, 0.3) is 5.32 Å². The van der Waals surface area contributed by atoms with Gasteiger partial charge in [0.2, 0.25) is 6.33 Å². The van der Waals surface area contributed by atoms with Crippen molar-refractivity contribution in [2.45, 2.75) is 39.8 Å². The van der Waals surface area contributed by atoms with E-state index < -0.39 is 69.5 Å². The largest absolute Gasteiger partial charge is 0.648 e. The van der Waals surface area contributed by atoms with Crippen molar-refractivity contribution >= 4 is 11.4 Å². The Labute approximate surface area is 187 Å². The van der Waals surface area contributed by atoms with Crippen LogP contribution in [0.5, 0.6) is 0 Å². The fraction of sp³-hybridized carbons (Fsp3) is 0.286. The van der Waals surface area contributed by atoms with E-state index in [4.69, 9.17) is 0 Å². The molecule has 1 heterocycles. The van der Waals surface area contributed by atoms with Crippen LogP contribution in [-0.4, -0.2) is 4.57 Å².